The zero-order valence-corrected chi connectivity index (χ0v) is 47.3. The molecule has 1 aliphatic rings. The Bertz CT molecular complexity index is 1580. The fraction of sp³-hybridized carbons (Fsp3) is 0.746. The minimum atomic E-state index is -1.92. The molecule has 1 saturated heterocycles. The minimum Gasteiger partial charge on any atom is -0.479 e. The first kappa shape index (κ1) is 69.2. The van der Waals surface area contributed by atoms with E-state index in [-0.39, 0.29) is 25.9 Å². The molecule has 12 heteroatoms. The maximum absolute atomic E-state index is 13.1. The van der Waals surface area contributed by atoms with Crippen LogP contribution in [0, 0.1) is 0 Å². The van der Waals surface area contributed by atoms with Crippen LogP contribution in [0.4, 0.5) is 0 Å². The highest BCUT2D eigenvalue weighted by Crippen LogP contribution is 2.26. The van der Waals surface area contributed by atoms with Gasteiger partial charge in [-0.05, 0) is 96.3 Å². The van der Waals surface area contributed by atoms with E-state index in [4.69, 9.17) is 23.7 Å². The van der Waals surface area contributed by atoms with Crippen LogP contribution >= 0.6 is 0 Å². The van der Waals surface area contributed by atoms with Crippen LogP contribution in [-0.4, -0.2) is 89.2 Å². The molecule has 0 saturated carbocycles. The van der Waals surface area contributed by atoms with Gasteiger partial charge in [0, 0.05) is 19.3 Å². The summed E-state index contributed by atoms with van der Waals surface area (Å²) in [6.45, 7) is 5.80. The molecule has 0 amide bonds. The van der Waals surface area contributed by atoms with E-state index in [1.807, 2.05) is 12.2 Å². The smallest absolute Gasteiger partial charge is 0.335 e. The van der Waals surface area contributed by atoms with Gasteiger partial charge in [0.05, 0.1) is 6.61 Å². The number of carboxylic acid groups (broad SMARTS) is 1. The summed E-state index contributed by atoms with van der Waals surface area (Å²) < 4.78 is 28.3. The van der Waals surface area contributed by atoms with Crippen molar-refractivity contribution < 1.29 is 58.2 Å². The Morgan fingerprint density at radius 1 is 0.453 bits per heavy atom. The van der Waals surface area contributed by atoms with E-state index in [2.05, 4.69) is 81.5 Å². The largest absolute Gasteiger partial charge is 0.479 e. The van der Waals surface area contributed by atoms with Gasteiger partial charge in [-0.1, -0.05) is 209 Å². The van der Waals surface area contributed by atoms with Crippen LogP contribution in [0.25, 0.3) is 0 Å². The number of carboxylic acids is 1. The molecule has 0 aliphatic carbocycles. The molecule has 3 N–H and O–H groups in total. The number of hydrogen-bond donors (Lipinski definition) is 3. The van der Waals surface area contributed by atoms with Crippen molar-refractivity contribution in [3.05, 3.63) is 72.9 Å². The third-order valence-electron chi connectivity index (χ3n) is 13.3. The average molecular weight is 1060 g/mol. The summed E-state index contributed by atoms with van der Waals surface area (Å²) >= 11 is 0. The number of aliphatic hydroxyl groups excluding tert-OH is 2. The zero-order valence-electron chi connectivity index (χ0n) is 47.3. The molecule has 1 heterocycles. The van der Waals surface area contributed by atoms with Crippen molar-refractivity contribution in [3.8, 4) is 0 Å². The van der Waals surface area contributed by atoms with Crippen LogP contribution in [0.5, 0.6) is 0 Å². The van der Waals surface area contributed by atoms with Crippen molar-refractivity contribution >= 4 is 23.9 Å². The summed E-state index contributed by atoms with van der Waals surface area (Å²) in [6.07, 6.45) is 51.7. The van der Waals surface area contributed by atoms with Crippen LogP contribution in [0.3, 0.4) is 0 Å². The van der Waals surface area contributed by atoms with Crippen molar-refractivity contribution in [2.75, 3.05) is 13.2 Å². The fourth-order valence-electron chi connectivity index (χ4n) is 8.66. The first-order chi connectivity index (χ1) is 36.6. The van der Waals surface area contributed by atoms with E-state index < -0.39 is 67.3 Å². The number of carbonyl (C=O) groups excluding carboxylic acids is 3. The summed E-state index contributed by atoms with van der Waals surface area (Å²) in [7, 11) is 0. The Morgan fingerprint density at radius 2 is 0.867 bits per heavy atom. The van der Waals surface area contributed by atoms with Crippen LogP contribution < -0.4 is 0 Å². The third-order valence-corrected chi connectivity index (χ3v) is 13.3. The summed E-state index contributed by atoms with van der Waals surface area (Å²) in [5.41, 5.74) is 0. The van der Waals surface area contributed by atoms with Crippen LogP contribution in [-0.2, 0) is 42.9 Å². The molecule has 1 fully saturated rings. The monoisotopic (exact) mass is 1050 g/mol. The molecule has 0 aromatic carbocycles. The van der Waals surface area contributed by atoms with Crippen molar-refractivity contribution in [2.24, 2.45) is 0 Å². The normalized spacial score (nSPS) is 18.7. The van der Waals surface area contributed by atoms with E-state index in [0.717, 1.165) is 96.3 Å². The Labute approximate surface area is 455 Å². The van der Waals surface area contributed by atoms with Crippen molar-refractivity contribution in [1.82, 2.24) is 0 Å². The molecule has 6 unspecified atom stereocenters. The quantitative estimate of drug-likeness (QED) is 0.0228. The van der Waals surface area contributed by atoms with Gasteiger partial charge in [0.1, 0.15) is 18.8 Å². The molecule has 1 aliphatic heterocycles. The van der Waals surface area contributed by atoms with Crippen LogP contribution in [0.1, 0.15) is 252 Å². The number of ether oxygens (including phenoxy) is 5. The van der Waals surface area contributed by atoms with E-state index in [1.165, 1.54) is 89.9 Å². The predicted octanol–water partition coefficient (Wildman–Crippen LogP) is 15.3. The summed E-state index contributed by atoms with van der Waals surface area (Å²) in [5.74, 6) is -3.24. The molecule has 6 atom stereocenters. The number of aliphatic hydroxyl groups is 2. The molecular formula is C63H106O12. The molecule has 12 nitrogen and oxygen atoms in total. The number of aliphatic carboxylic acids is 1. The van der Waals surface area contributed by atoms with Crippen molar-refractivity contribution in [2.45, 2.75) is 289 Å². The number of esters is 3. The molecule has 0 radical (unpaired) electrons. The van der Waals surface area contributed by atoms with Gasteiger partial charge in [-0.25, -0.2) is 4.79 Å². The van der Waals surface area contributed by atoms with Crippen LogP contribution in [0.2, 0.25) is 0 Å². The molecule has 430 valence electrons. The molecule has 0 spiro atoms. The van der Waals surface area contributed by atoms with Gasteiger partial charge >= 0.3 is 23.9 Å². The zero-order chi connectivity index (χ0) is 54.7. The Morgan fingerprint density at radius 3 is 1.33 bits per heavy atom. The van der Waals surface area contributed by atoms with Crippen molar-refractivity contribution in [1.29, 1.82) is 0 Å². The number of allylic oxidation sites excluding steroid dienone is 12. The number of unbranched alkanes of at least 4 members (excludes halogenated alkanes) is 24. The Balaban J connectivity index is 2.72. The maximum atomic E-state index is 13.1. The standard InChI is InChI=1S/C63H106O12/c1-4-7-10-13-16-19-22-25-27-28-30-33-36-39-42-45-48-51-57(66)74-61-59(68)58(67)60(62(69)70)75-63(61)72-53-54(73-56(65)50-47-44-41-38-35-31-24-21-18-15-12-9-6-3)52-71-55(64)49-46-43-40-37-34-32-29-26-23-20-17-14-11-8-5-2/h9,12,18,21,25-27,29,31,35,41,44,54,58-61,63,67-68H,4-8,10-11,13-17,19-20,22-24,28,30,32-34,36-40,42-43,45-53H2,1-3H3,(H,69,70)/b12-9-,21-18-,27-25-,29-26-,35-31-,44-41-. The average Bonchev–Trinajstić information content (AvgIpc) is 3.39. The van der Waals surface area contributed by atoms with E-state index in [1.54, 1.807) is 0 Å². The minimum absolute atomic E-state index is 0.0384. The second-order valence-electron chi connectivity index (χ2n) is 20.2. The Hall–Kier alpha value is -3.84. The van der Waals surface area contributed by atoms with Gasteiger partial charge in [0.25, 0.3) is 0 Å². The molecule has 0 aromatic heterocycles. The molecular weight excluding hydrogens is 949 g/mol. The summed E-state index contributed by atoms with van der Waals surface area (Å²) in [4.78, 5) is 51.1. The van der Waals surface area contributed by atoms with Crippen LogP contribution in [0.15, 0.2) is 72.9 Å². The second-order valence-corrected chi connectivity index (χ2v) is 20.2. The van der Waals surface area contributed by atoms with Gasteiger partial charge < -0.3 is 39.0 Å². The lowest BCUT2D eigenvalue weighted by atomic mass is 9.98. The second kappa shape index (κ2) is 50.9. The molecule has 1 rings (SSSR count). The maximum Gasteiger partial charge on any atom is 0.335 e. The van der Waals surface area contributed by atoms with E-state index >= 15 is 0 Å². The number of hydrogen-bond acceptors (Lipinski definition) is 11. The Kier molecular flexibility index (Phi) is 47.0. The van der Waals surface area contributed by atoms with Gasteiger partial charge in [0.15, 0.2) is 24.6 Å². The highest BCUT2D eigenvalue weighted by atomic mass is 16.7. The molecule has 0 aromatic rings. The highest BCUT2D eigenvalue weighted by Gasteiger charge is 2.50. The first-order valence-electron chi connectivity index (χ1n) is 29.9. The SMILES string of the molecule is CC/C=C\C/C=C\C/C=C\C/C=C\CCC(=O)OC(COC(=O)CCCCCCC/C=C\CCCCCCCC)COC1OC(C(=O)O)C(O)C(O)C1OC(=O)CCCCCCCCC/C=C\CCCCCCCC. The van der Waals surface area contributed by atoms with E-state index in [0.29, 0.717) is 25.7 Å². The van der Waals surface area contributed by atoms with Crippen molar-refractivity contribution in [3.63, 3.8) is 0 Å². The predicted molar refractivity (Wildman–Crippen MR) is 303 cm³/mol. The van der Waals surface area contributed by atoms with Gasteiger partial charge in [-0.2, -0.15) is 0 Å². The van der Waals surface area contributed by atoms with Gasteiger partial charge in [-0.15, -0.1) is 0 Å². The lowest BCUT2D eigenvalue weighted by molar-refractivity contribution is -0.301. The number of carbonyl (C=O) groups is 4. The summed E-state index contributed by atoms with van der Waals surface area (Å²) in [5, 5.41) is 31.5. The third kappa shape index (κ3) is 41.0. The highest BCUT2D eigenvalue weighted by molar-refractivity contribution is 5.74. The lowest BCUT2D eigenvalue weighted by Gasteiger charge is -2.40. The molecule has 0 bridgehead atoms. The topological polar surface area (TPSA) is 175 Å². The fourth-order valence-corrected chi connectivity index (χ4v) is 8.66. The summed E-state index contributed by atoms with van der Waals surface area (Å²) in [6, 6.07) is 0. The first-order valence-corrected chi connectivity index (χ1v) is 29.9. The molecule has 75 heavy (non-hydrogen) atoms. The van der Waals surface area contributed by atoms with Gasteiger partial charge in [-0.3, -0.25) is 14.4 Å². The number of rotatable bonds is 50. The lowest BCUT2D eigenvalue weighted by Crippen LogP contribution is -2.61. The van der Waals surface area contributed by atoms with E-state index in [9.17, 15) is 34.5 Å². The van der Waals surface area contributed by atoms with Gasteiger partial charge in [0.2, 0.25) is 0 Å².